The quantitative estimate of drug-likeness (QED) is 0.846. The fourth-order valence-corrected chi connectivity index (χ4v) is 4.16. The highest BCUT2D eigenvalue weighted by molar-refractivity contribution is 7.88. The standard InChI is InChI=1S/C15H26N4O3S/c1-4-11-9-19(23(3,20)21)8-7-13(11)16-10(2)15-17-14(18-22-15)12-5-6-12/h10-13,16H,4-9H2,1-3H3/t10-,11+,13-/m0/s1. The van der Waals surface area contributed by atoms with Gasteiger partial charge in [0.1, 0.15) is 0 Å². The Morgan fingerprint density at radius 1 is 1.39 bits per heavy atom. The number of sulfonamides is 1. The molecule has 130 valence electrons. The summed E-state index contributed by atoms with van der Waals surface area (Å²) >= 11 is 0. The van der Waals surface area contributed by atoms with Crippen LogP contribution >= 0.6 is 0 Å². The maximum Gasteiger partial charge on any atom is 0.243 e. The lowest BCUT2D eigenvalue weighted by Gasteiger charge is -2.38. The van der Waals surface area contributed by atoms with Crippen LogP contribution in [0.3, 0.4) is 0 Å². The van der Waals surface area contributed by atoms with Crippen LogP contribution in [0.25, 0.3) is 0 Å². The highest BCUT2D eigenvalue weighted by Crippen LogP contribution is 2.38. The third-order valence-electron chi connectivity index (χ3n) is 4.92. The van der Waals surface area contributed by atoms with Crippen molar-refractivity contribution in [3.8, 4) is 0 Å². The first-order valence-electron chi connectivity index (χ1n) is 8.43. The van der Waals surface area contributed by atoms with E-state index in [1.807, 2.05) is 6.92 Å². The topological polar surface area (TPSA) is 88.3 Å². The Hall–Kier alpha value is -0.990. The van der Waals surface area contributed by atoms with Gasteiger partial charge in [-0.2, -0.15) is 4.98 Å². The molecule has 1 aromatic rings. The second kappa shape index (κ2) is 6.49. The first-order valence-corrected chi connectivity index (χ1v) is 10.3. The van der Waals surface area contributed by atoms with Gasteiger partial charge < -0.3 is 9.84 Å². The van der Waals surface area contributed by atoms with Gasteiger partial charge in [-0.25, -0.2) is 12.7 Å². The average molecular weight is 342 g/mol. The molecule has 0 unspecified atom stereocenters. The summed E-state index contributed by atoms with van der Waals surface area (Å²) in [6, 6.07) is 0.253. The molecule has 0 aromatic carbocycles. The lowest BCUT2D eigenvalue weighted by molar-refractivity contribution is 0.185. The second-order valence-electron chi connectivity index (χ2n) is 6.84. The molecule has 0 bridgehead atoms. The van der Waals surface area contributed by atoms with Gasteiger partial charge in [-0.1, -0.05) is 18.5 Å². The Morgan fingerprint density at radius 3 is 2.74 bits per heavy atom. The van der Waals surface area contributed by atoms with Crippen LogP contribution < -0.4 is 5.32 Å². The second-order valence-corrected chi connectivity index (χ2v) is 8.82. The molecular formula is C15H26N4O3S. The first-order chi connectivity index (χ1) is 10.9. The predicted molar refractivity (Wildman–Crippen MR) is 86.4 cm³/mol. The lowest BCUT2D eigenvalue weighted by atomic mass is 9.90. The minimum Gasteiger partial charge on any atom is -0.338 e. The molecule has 2 fully saturated rings. The number of hydrogen-bond acceptors (Lipinski definition) is 6. The van der Waals surface area contributed by atoms with Crippen LogP contribution in [0.2, 0.25) is 0 Å². The minimum absolute atomic E-state index is 0.0150. The Balaban J connectivity index is 1.61. The number of rotatable bonds is 6. The maximum absolute atomic E-state index is 11.7. The fraction of sp³-hybridized carbons (Fsp3) is 0.867. The van der Waals surface area contributed by atoms with Crippen molar-refractivity contribution in [2.75, 3.05) is 19.3 Å². The van der Waals surface area contributed by atoms with Crippen LogP contribution in [-0.4, -0.2) is 48.3 Å². The number of nitrogens with one attached hydrogen (secondary N) is 1. The molecule has 2 heterocycles. The lowest BCUT2D eigenvalue weighted by Crippen LogP contribution is -2.51. The van der Waals surface area contributed by atoms with Gasteiger partial charge in [0, 0.05) is 25.0 Å². The molecule has 3 rings (SSSR count). The molecule has 0 radical (unpaired) electrons. The van der Waals surface area contributed by atoms with Crippen molar-refractivity contribution in [3.63, 3.8) is 0 Å². The molecule has 1 aromatic heterocycles. The molecule has 1 saturated carbocycles. The molecule has 7 nitrogen and oxygen atoms in total. The van der Waals surface area contributed by atoms with E-state index in [2.05, 4.69) is 22.4 Å². The number of hydrogen-bond donors (Lipinski definition) is 1. The summed E-state index contributed by atoms with van der Waals surface area (Å²) in [6.45, 7) is 5.28. The SMILES string of the molecule is CC[C@@H]1CN(S(C)(=O)=O)CC[C@@H]1N[C@@H](C)c1nc(C2CC2)no1. The normalized spacial score (nSPS) is 28.0. The van der Waals surface area contributed by atoms with E-state index in [-0.39, 0.29) is 12.1 Å². The van der Waals surface area contributed by atoms with Crippen LogP contribution in [0.15, 0.2) is 4.52 Å². The Morgan fingerprint density at radius 2 is 2.13 bits per heavy atom. The number of piperidine rings is 1. The molecule has 1 saturated heterocycles. The highest BCUT2D eigenvalue weighted by Gasteiger charge is 2.34. The van der Waals surface area contributed by atoms with Gasteiger partial charge in [0.2, 0.25) is 15.9 Å². The summed E-state index contributed by atoms with van der Waals surface area (Å²) in [5.41, 5.74) is 0. The smallest absolute Gasteiger partial charge is 0.243 e. The first kappa shape index (κ1) is 16.9. The van der Waals surface area contributed by atoms with Crippen molar-refractivity contribution in [1.29, 1.82) is 0 Å². The van der Waals surface area contributed by atoms with Crippen molar-refractivity contribution >= 4 is 10.0 Å². The van der Waals surface area contributed by atoms with Gasteiger partial charge in [-0.3, -0.25) is 0 Å². The van der Waals surface area contributed by atoms with Gasteiger partial charge in [0.15, 0.2) is 5.82 Å². The van der Waals surface area contributed by atoms with Crippen LogP contribution in [0.5, 0.6) is 0 Å². The predicted octanol–water partition coefficient (Wildman–Crippen LogP) is 1.66. The molecule has 1 aliphatic carbocycles. The van der Waals surface area contributed by atoms with Crippen molar-refractivity contribution < 1.29 is 12.9 Å². The summed E-state index contributed by atoms with van der Waals surface area (Å²) in [4.78, 5) is 4.50. The molecule has 8 heteroatoms. The summed E-state index contributed by atoms with van der Waals surface area (Å²) in [6.07, 6.45) is 5.34. The van der Waals surface area contributed by atoms with E-state index in [1.54, 1.807) is 4.31 Å². The molecule has 1 N–H and O–H groups in total. The van der Waals surface area contributed by atoms with Crippen LogP contribution in [0.4, 0.5) is 0 Å². The third kappa shape index (κ3) is 3.92. The third-order valence-corrected chi connectivity index (χ3v) is 6.19. The monoisotopic (exact) mass is 342 g/mol. The average Bonchev–Trinajstić information content (AvgIpc) is 3.23. The summed E-state index contributed by atoms with van der Waals surface area (Å²) in [5.74, 6) is 2.24. The van der Waals surface area contributed by atoms with Crippen LogP contribution in [0, 0.1) is 5.92 Å². The van der Waals surface area contributed by atoms with E-state index in [4.69, 9.17) is 4.52 Å². The van der Waals surface area contributed by atoms with Crippen molar-refractivity contribution in [1.82, 2.24) is 19.8 Å². The molecule has 1 aliphatic heterocycles. The molecule has 0 amide bonds. The summed E-state index contributed by atoms with van der Waals surface area (Å²) in [7, 11) is -3.11. The summed E-state index contributed by atoms with van der Waals surface area (Å²) in [5, 5.41) is 7.63. The van der Waals surface area contributed by atoms with Gasteiger partial charge in [-0.05, 0) is 32.1 Å². The molecule has 0 spiro atoms. The number of aromatic nitrogens is 2. The zero-order valence-corrected chi connectivity index (χ0v) is 14.8. The van der Waals surface area contributed by atoms with E-state index in [1.165, 1.54) is 6.26 Å². The number of nitrogens with zero attached hydrogens (tertiary/aromatic N) is 3. The van der Waals surface area contributed by atoms with E-state index in [0.717, 1.165) is 31.5 Å². The van der Waals surface area contributed by atoms with E-state index in [0.29, 0.717) is 30.8 Å². The maximum atomic E-state index is 11.7. The van der Waals surface area contributed by atoms with E-state index in [9.17, 15) is 8.42 Å². The molecule has 3 atom stereocenters. The Bertz CT molecular complexity index is 641. The van der Waals surface area contributed by atoms with E-state index < -0.39 is 10.0 Å². The van der Waals surface area contributed by atoms with Crippen LogP contribution in [-0.2, 0) is 10.0 Å². The summed E-state index contributed by atoms with van der Waals surface area (Å²) < 4.78 is 30.5. The van der Waals surface area contributed by atoms with Gasteiger partial charge in [0.25, 0.3) is 0 Å². The van der Waals surface area contributed by atoms with Gasteiger partial charge in [-0.15, -0.1) is 0 Å². The molecule has 2 aliphatic rings. The Labute approximate surface area is 137 Å². The van der Waals surface area contributed by atoms with Crippen LogP contribution in [0.1, 0.15) is 63.2 Å². The Kier molecular flexibility index (Phi) is 4.75. The van der Waals surface area contributed by atoms with Gasteiger partial charge in [0.05, 0.1) is 12.3 Å². The highest BCUT2D eigenvalue weighted by atomic mass is 32.2. The zero-order valence-electron chi connectivity index (χ0n) is 14.0. The molecular weight excluding hydrogens is 316 g/mol. The van der Waals surface area contributed by atoms with Crippen molar-refractivity contribution in [2.24, 2.45) is 5.92 Å². The van der Waals surface area contributed by atoms with Crippen molar-refractivity contribution in [3.05, 3.63) is 11.7 Å². The largest absolute Gasteiger partial charge is 0.338 e. The minimum atomic E-state index is -3.11. The van der Waals surface area contributed by atoms with Gasteiger partial charge >= 0.3 is 0 Å². The molecule has 23 heavy (non-hydrogen) atoms. The zero-order chi connectivity index (χ0) is 16.6. The van der Waals surface area contributed by atoms with E-state index >= 15 is 0 Å². The fourth-order valence-electron chi connectivity index (χ4n) is 3.26. The van der Waals surface area contributed by atoms with Crippen molar-refractivity contribution in [2.45, 2.75) is 57.5 Å².